The lowest BCUT2D eigenvalue weighted by molar-refractivity contribution is -0.132. The van der Waals surface area contributed by atoms with Gasteiger partial charge in [-0.3, -0.25) is 14.7 Å². The summed E-state index contributed by atoms with van der Waals surface area (Å²) in [5.74, 6) is 0.419. The van der Waals surface area contributed by atoms with Crippen molar-refractivity contribution in [2.24, 2.45) is 16.6 Å². The molecule has 1 aromatic carbocycles. The summed E-state index contributed by atoms with van der Waals surface area (Å²) in [4.78, 5) is 27.0. The minimum absolute atomic E-state index is 0.0534. The smallest absolute Gasteiger partial charge is 0.236 e. The first-order chi connectivity index (χ1) is 15.9. The summed E-state index contributed by atoms with van der Waals surface area (Å²) < 4.78 is 5.34. The van der Waals surface area contributed by atoms with Gasteiger partial charge < -0.3 is 15.4 Å². The molecule has 166 valence electrons. The summed E-state index contributed by atoms with van der Waals surface area (Å²) in [5, 5.41) is 11.3. The molecule has 0 bridgehead atoms. The number of hydrogen-bond donors (Lipinski definition) is 1. The normalized spacial score (nSPS) is 22.0. The zero-order chi connectivity index (χ0) is 23.2. The molecule has 1 fully saturated rings. The number of carbonyl (C=O) groups excluding carboxylic acids is 1. The molecule has 2 atom stereocenters. The fourth-order valence-corrected chi connectivity index (χ4v) is 5.64. The Labute approximate surface area is 195 Å². The molecule has 1 amide bonds. The van der Waals surface area contributed by atoms with E-state index < -0.39 is 11.5 Å². The minimum Gasteiger partial charge on any atom is -0.495 e. The molecule has 1 saturated heterocycles. The largest absolute Gasteiger partial charge is 0.495 e. The lowest BCUT2D eigenvalue weighted by atomic mass is 9.83. The van der Waals surface area contributed by atoms with Gasteiger partial charge in [0.05, 0.1) is 42.7 Å². The number of guanidine groups is 1. The second-order valence-corrected chi connectivity index (χ2v) is 9.11. The van der Waals surface area contributed by atoms with Gasteiger partial charge in [0.25, 0.3) is 0 Å². The average molecular weight is 459 g/mol. The Morgan fingerprint density at radius 3 is 2.91 bits per heavy atom. The molecule has 0 spiro atoms. The van der Waals surface area contributed by atoms with Crippen molar-refractivity contribution in [1.82, 2.24) is 9.88 Å². The fourth-order valence-electron chi connectivity index (χ4n) is 4.54. The zero-order valence-electron chi connectivity index (χ0n) is 18.2. The monoisotopic (exact) mass is 458 g/mol. The zero-order valence-corrected chi connectivity index (χ0v) is 19.0. The van der Waals surface area contributed by atoms with Crippen LogP contribution in [0.3, 0.4) is 0 Å². The number of pyridine rings is 1. The average Bonchev–Trinajstić information content (AvgIpc) is 3.49. The maximum absolute atomic E-state index is 13.3. The van der Waals surface area contributed by atoms with E-state index in [2.05, 4.69) is 22.0 Å². The van der Waals surface area contributed by atoms with Crippen LogP contribution in [0.4, 0.5) is 5.69 Å². The Bertz CT molecular complexity index is 1310. The first-order valence-electron chi connectivity index (χ1n) is 10.4. The Hall–Kier alpha value is -3.90. The van der Waals surface area contributed by atoms with E-state index in [9.17, 15) is 10.1 Å². The van der Waals surface area contributed by atoms with Crippen LogP contribution in [0.1, 0.15) is 10.4 Å². The number of fused-ring (bicyclic) bond motifs is 1. The highest BCUT2D eigenvalue weighted by atomic mass is 32.1. The van der Waals surface area contributed by atoms with Gasteiger partial charge in [-0.25, -0.2) is 4.99 Å². The number of anilines is 1. The number of benzene rings is 1. The Morgan fingerprint density at radius 2 is 2.12 bits per heavy atom. The number of thiophene rings is 1. The third-order valence-corrected chi connectivity index (χ3v) is 7.45. The van der Waals surface area contributed by atoms with Gasteiger partial charge in [0.1, 0.15) is 11.3 Å². The number of hydrogen-bond acceptors (Lipinski definition) is 8. The number of aromatic nitrogens is 1. The number of aliphatic imine (C=N–C) groups is 1. The van der Waals surface area contributed by atoms with Crippen molar-refractivity contribution in [3.63, 3.8) is 0 Å². The third-order valence-electron chi connectivity index (χ3n) is 6.35. The van der Waals surface area contributed by atoms with Crippen LogP contribution in [-0.2, 0) is 10.3 Å². The first-order valence-corrected chi connectivity index (χ1v) is 11.3. The van der Waals surface area contributed by atoms with Crippen LogP contribution >= 0.6 is 11.3 Å². The van der Waals surface area contributed by atoms with Crippen LogP contribution in [0.2, 0.25) is 0 Å². The molecule has 2 aliphatic rings. The highest BCUT2D eigenvalue weighted by Gasteiger charge is 2.56. The van der Waals surface area contributed by atoms with Gasteiger partial charge in [-0.05, 0) is 34.7 Å². The van der Waals surface area contributed by atoms with E-state index in [1.165, 1.54) is 4.90 Å². The minimum atomic E-state index is -0.799. The van der Waals surface area contributed by atoms with E-state index in [0.29, 0.717) is 24.4 Å². The summed E-state index contributed by atoms with van der Waals surface area (Å²) in [6.45, 7) is 0.983. The van der Waals surface area contributed by atoms with Crippen LogP contribution in [-0.4, -0.2) is 49.0 Å². The Balaban J connectivity index is 1.59. The molecule has 9 heteroatoms. The van der Waals surface area contributed by atoms with Crippen LogP contribution in [0, 0.1) is 17.2 Å². The predicted molar refractivity (Wildman–Crippen MR) is 127 cm³/mol. The highest BCUT2D eigenvalue weighted by molar-refractivity contribution is 7.10. The van der Waals surface area contributed by atoms with Gasteiger partial charge >= 0.3 is 0 Å². The molecule has 2 N–H and O–H groups in total. The van der Waals surface area contributed by atoms with E-state index in [-0.39, 0.29) is 11.9 Å². The molecular weight excluding hydrogens is 436 g/mol. The summed E-state index contributed by atoms with van der Waals surface area (Å²) >= 11 is 1.56. The second kappa shape index (κ2) is 7.90. The number of carbonyl (C=O) groups is 1. The molecule has 0 saturated carbocycles. The number of nitriles is 1. The van der Waals surface area contributed by atoms with Gasteiger partial charge in [-0.1, -0.05) is 12.1 Å². The maximum atomic E-state index is 13.3. The first kappa shape index (κ1) is 21.0. The standard InChI is InChI=1S/C24H22N6O2S/c1-29-22(31)20-12-30(18-8-19(32-2)11-27-10-18)14-24(20,28-23(29)26)21-7-17(13-33-21)16-5-3-4-15(6-16)9-25/h3-8,10-11,13,20H,12,14H2,1-2H3,(H2,26,28)/t20?,24-/m0/s1. The van der Waals surface area contributed by atoms with E-state index in [4.69, 9.17) is 15.5 Å². The van der Waals surface area contributed by atoms with Gasteiger partial charge in [0.15, 0.2) is 5.96 Å². The van der Waals surface area contributed by atoms with Crippen LogP contribution in [0.25, 0.3) is 11.1 Å². The van der Waals surface area contributed by atoms with Crippen molar-refractivity contribution in [2.45, 2.75) is 5.54 Å². The summed E-state index contributed by atoms with van der Waals surface area (Å²) in [7, 11) is 3.26. The number of ether oxygens (including phenoxy) is 1. The van der Waals surface area contributed by atoms with Crippen LogP contribution in [0.15, 0.2) is 59.2 Å². The number of nitrogens with two attached hydrogens (primary N) is 1. The van der Waals surface area contributed by atoms with E-state index >= 15 is 0 Å². The van der Waals surface area contributed by atoms with Gasteiger partial charge in [0.2, 0.25) is 5.91 Å². The quantitative estimate of drug-likeness (QED) is 0.644. The van der Waals surface area contributed by atoms with Crippen molar-refractivity contribution < 1.29 is 9.53 Å². The molecular formula is C24H22N6O2S. The number of methoxy groups -OCH3 is 1. The maximum Gasteiger partial charge on any atom is 0.236 e. The molecule has 3 aromatic rings. The van der Waals surface area contributed by atoms with E-state index in [1.54, 1.807) is 44.0 Å². The molecule has 1 unspecified atom stereocenters. The second-order valence-electron chi connectivity index (χ2n) is 8.20. The summed E-state index contributed by atoms with van der Waals surface area (Å²) in [6, 6.07) is 13.6. The molecule has 5 rings (SSSR count). The molecule has 2 aromatic heterocycles. The van der Waals surface area contributed by atoms with Crippen molar-refractivity contribution >= 4 is 28.9 Å². The van der Waals surface area contributed by atoms with Crippen LogP contribution < -0.4 is 15.4 Å². The number of nitrogens with zero attached hydrogens (tertiary/aromatic N) is 5. The van der Waals surface area contributed by atoms with Crippen molar-refractivity contribution in [2.75, 3.05) is 32.1 Å². The summed E-state index contributed by atoms with van der Waals surface area (Å²) in [6.07, 6.45) is 3.42. The lowest BCUT2D eigenvalue weighted by Crippen LogP contribution is -2.54. The molecule has 0 aliphatic carbocycles. The Kier molecular flexibility index (Phi) is 5.02. The molecule has 0 radical (unpaired) electrons. The number of rotatable bonds is 4. The molecule has 4 heterocycles. The van der Waals surface area contributed by atoms with E-state index in [0.717, 1.165) is 21.7 Å². The predicted octanol–water partition coefficient (Wildman–Crippen LogP) is 2.81. The number of amides is 1. The topological polar surface area (TPSA) is 108 Å². The van der Waals surface area contributed by atoms with E-state index in [1.807, 2.05) is 29.6 Å². The highest BCUT2D eigenvalue weighted by Crippen LogP contribution is 2.48. The molecule has 2 aliphatic heterocycles. The van der Waals surface area contributed by atoms with Gasteiger partial charge in [-0.2, -0.15) is 5.26 Å². The fraction of sp³-hybridized carbons (Fsp3) is 0.250. The SMILES string of the molecule is COc1cncc(N2CC3C(=O)N(C)C(N)=N[C@@]3(c3cc(-c4cccc(C#N)c4)cs3)C2)c1. The summed E-state index contributed by atoms with van der Waals surface area (Å²) in [5.41, 5.74) is 8.81. The van der Waals surface area contributed by atoms with Crippen molar-refractivity contribution in [3.8, 4) is 22.9 Å². The third kappa shape index (κ3) is 3.39. The van der Waals surface area contributed by atoms with Crippen molar-refractivity contribution in [3.05, 3.63) is 64.6 Å². The lowest BCUT2D eigenvalue weighted by Gasteiger charge is -2.36. The van der Waals surface area contributed by atoms with Crippen molar-refractivity contribution in [1.29, 1.82) is 5.26 Å². The Morgan fingerprint density at radius 1 is 1.27 bits per heavy atom. The molecule has 8 nitrogen and oxygen atoms in total. The van der Waals surface area contributed by atoms with Gasteiger partial charge in [-0.15, -0.1) is 11.3 Å². The van der Waals surface area contributed by atoms with Crippen LogP contribution in [0.5, 0.6) is 5.75 Å². The molecule has 33 heavy (non-hydrogen) atoms. The van der Waals surface area contributed by atoms with Gasteiger partial charge in [0, 0.05) is 31.1 Å².